The number of benzene rings is 4. The van der Waals surface area contributed by atoms with E-state index in [-0.39, 0.29) is 16.1 Å². The largest absolute Gasteiger partial charge is 0.493 e. The van der Waals surface area contributed by atoms with E-state index in [0.717, 1.165) is 38.9 Å². The molecule has 2 aliphatic rings. The molecule has 250 valence electrons. The van der Waals surface area contributed by atoms with Gasteiger partial charge in [-0.15, -0.1) is 0 Å². The van der Waals surface area contributed by atoms with E-state index < -0.39 is 21.0 Å². The summed E-state index contributed by atoms with van der Waals surface area (Å²) in [6, 6.07) is 25.2. The van der Waals surface area contributed by atoms with Crippen LogP contribution in [0.4, 0.5) is 5.69 Å². The summed E-state index contributed by atoms with van der Waals surface area (Å²) in [5.74, 6) is 1.11. The van der Waals surface area contributed by atoms with Gasteiger partial charge in [0.25, 0.3) is 21.3 Å². The van der Waals surface area contributed by atoms with Crippen LogP contribution in [0.1, 0.15) is 34.7 Å². The molecule has 1 aliphatic heterocycles. The summed E-state index contributed by atoms with van der Waals surface area (Å²) in [5.41, 5.74) is 5.20. The molecule has 13 heteroatoms. The Morgan fingerprint density at radius 3 is 2.52 bits per heavy atom. The number of fused-ring (bicyclic) bond motifs is 4. The number of ether oxygens (including phenoxy) is 2. The third-order valence-corrected chi connectivity index (χ3v) is 11.8. The van der Waals surface area contributed by atoms with Gasteiger partial charge in [-0.25, -0.2) is 17.4 Å². The van der Waals surface area contributed by atoms with Crippen LogP contribution in [0.25, 0.3) is 22.7 Å². The van der Waals surface area contributed by atoms with Crippen molar-refractivity contribution >= 4 is 49.7 Å². The number of allylic oxidation sites excluding steroid dienone is 1. The van der Waals surface area contributed by atoms with Gasteiger partial charge in [0.2, 0.25) is 0 Å². The van der Waals surface area contributed by atoms with Crippen molar-refractivity contribution in [3.05, 3.63) is 155 Å². The van der Waals surface area contributed by atoms with Crippen molar-refractivity contribution in [1.82, 2.24) is 8.54 Å². The van der Waals surface area contributed by atoms with Crippen molar-refractivity contribution in [3.63, 3.8) is 0 Å². The summed E-state index contributed by atoms with van der Waals surface area (Å²) >= 11 is 1.23. The summed E-state index contributed by atoms with van der Waals surface area (Å²) in [5, 5.41) is 12.0. The summed E-state index contributed by atoms with van der Waals surface area (Å²) in [6.45, 7) is 0. The molecule has 11 nitrogen and oxygen atoms in total. The van der Waals surface area contributed by atoms with E-state index in [0.29, 0.717) is 43.7 Å². The van der Waals surface area contributed by atoms with E-state index in [1.165, 1.54) is 41.3 Å². The number of thiazole rings is 1. The maximum atomic E-state index is 14.5. The first kappa shape index (κ1) is 31.5. The minimum absolute atomic E-state index is 0.223. The fourth-order valence-corrected chi connectivity index (χ4v) is 9.26. The van der Waals surface area contributed by atoms with E-state index in [1.54, 1.807) is 49.1 Å². The first-order chi connectivity index (χ1) is 24.2. The molecule has 0 saturated heterocycles. The molecule has 0 N–H and O–H groups in total. The maximum absolute atomic E-state index is 14.5. The Morgan fingerprint density at radius 1 is 0.940 bits per heavy atom. The second-order valence-electron chi connectivity index (χ2n) is 11.9. The molecule has 0 saturated carbocycles. The van der Waals surface area contributed by atoms with Gasteiger partial charge in [-0.2, -0.15) is 0 Å². The lowest BCUT2D eigenvalue weighted by molar-refractivity contribution is -0.385. The first-order valence-corrected chi connectivity index (χ1v) is 17.9. The molecular weight excluding hydrogens is 677 g/mol. The Balaban J connectivity index is 1.34. The van der Waals surface area contributed by atoms with Gasteiger partial charge in [0.05, 0.1) is 45.8 Å². The minimum Gasteiger partial charge on any atom is -0.493 e. The highest BCUT2D eigenvalue weighted by Gasteiger charge is 2.33. The standard InChI is InChI=1S/C37H28N4O7S2/c1-47-31-17-15-23(18-32(31)48-2)35-29-16-14-22-8-3-4-12-28(22)34(29)38-37-40(35)36(42)33(49-37)19-24-21-39(30-13-6-5-11-27(24)30)50(45,46)26-10-7-9-25(20-26)41(43)44/h3-13,15,17-21,35H,14,16H2,1-2H3/b33-19+/t35-/m1/s1. The molecule has 1 aliphatic carbocycles. The van der Waals surface area contributed by atoms with E-state index in [1.807, 2.05) is 30.3 Å². The van der Waals surface area contributed by atoms with Crippen molar-refractivity contribution < 1.29 is 22.8 Å². The molecule has 6 aromatic rings. The van der Waals surface area contributed by atoms with Crippen LogP contribution in [0.5, 0.6) is 11.5 Å². The fraction of sp³-hybridized carbons (Fsp3) is 0.135. The quantitative estimate of drug-likeness (QED) is 0.160. The Bertz CT molecular complexity index is 2720. The number of non-ortho nitro benzene ring substituents is 1. The number of aromatic nitrogens is 2. The summed E-state index contributed by atoms with van der Waals surface area (Å²) in [4.78, 5) is 30.6. The summed E-state index contributed by atoms with van der Waals surface area (Å²) in [6.07, 6.45) is 4.65. The number of methoxy groups -OCH3 is 2. The lowest BCUT2D eigenvalue weighted by Crippen LogP contribution is -2.38. The van der Waals surface area contributed by atoms with Gasteiger partial charge in [-0.3, -0.25) is 19.5 Å². The molecule has 0 fully saturated rings. The second kappa shape index (κ2) is 12.0. The highest BCUT2D eigenvalue weighted by molar-refractivity contribution is 7.90. The third kappa shape index (κ3) is 4.96. The minimum atomic E-state index is -4.24. The van der Waals surface area contributed by atoms with Crippen LogP contribution in [0.3, 0.4) is 0 Å². The van der Waals surface area contributed by atoms with Crippen molar-refractivity contribution in [2.45, 2.75) is 23.8 Å². The molecule has 1 atom stereocenters. The average Bonchev–Trinajstić information content (AvgIpc) is 3.67. The normalized spacial score (nSPS) is 15.6. The SMILES string of the molecule is COc1ccc([C@@H]2C3=C(N=c4s/c(=C/c5cn(S(=O)(=O)c6cccc([N+](=O)[O-])c6)c6ccccc56)c(=O)n42)c2ccccc2CC3)cc1OC. The summed E-state index contributed by atoms with van der Waals surface area (Å²) in [7, 11) is -1.09. The molecule has 0 bridgehead atoms. The molecule has 3 heterocycles. The zero-order chi connectivity index (χ0) is 34.7. The van der Waals surface area contributed by atoms with Crippen LogP contribution >= 0.6 is 11.3 Å². The molecular formula is C37H28N4O7S2. The second-order valence-corrected chi connectivity index (χ2v) is 14.7. The number of rotatable bonds is 7. The van der Waals surface area contributed by atoms with Gasteiger partial charge < -0.3 is 9.47 Å². The number of aryl methyl sites for hydroxylation is 1. The van der Waals surface area contributed by atoms with Gasteiger partial charge in [-0.1, -0.05) is 65.9 Å². The van der Waals surface area contributed by atoms with Crippen LogP contribution in [-0.2, 0) is 16.4 Å². The molecule has 0 amide bonds. The zero-order valence-electron chi connectivity index (χ0n) is 26.8. The molecule has 0 spiro atoms. The molecule has 4 aromatic carbocycles. The Morgan fingerprint density at radius 2 is 1.72 bits per heavy atom. The molecule has 8 rings (SSSR count). The van der Waals surface area contributed by atoms with Gasteiger partial charge in [0.15, 0.2) is 16.3 Å². The van der Waals surface area contributed by atoms with Gasteiger partial charge in [0.1, 0.15) is 0 Å². The molecule has 0 radical (unpaired) electrons. The molecule has 2 aromatic heterocycles. The monoisotopic (exact) mass is 704 g/mol. The number of hydrogen-bond donors (Lipinski definition) is 0. The Labute approximate surface area is 289 Å². The number of nitro groups is 1. The molecule has 0 unspecified atom stereocenters. The van der Waals surface area contributed by atoms with Crippen LogP contribution in [-0.4, -0.2) is 36.1 Å². The topological polar surface area (TPSA) is 135 Å². The van der Waals surface area contributed by atoms with Crippen LogP contribution in [0, 0.1) is 10.1 Å². The van der Waals surface area contributed by atoms with E-state index in [2.05, 4.69) is 12.1 Å². The highest BCUT2D eigenvalue weighted by Crippen LogP contribution is 2.43. The van der Waals surface area contributed by atoms with Gasteiger partial charge in [-0.05, 0) is 59.9 Å². The van der Waals surface area contributed by atoms with Crippen LogP contribution in [0.2, 0.25) is 0 Å². The first-order valence-electron chi connectivity index (χ1n) is 15.6. The zero-order valence-corrected chi connectivity index (χ0v) is 28.4. The number of nitrogens with zero attached hydrogens (tertiary/aromatic N) is 4. The van der Waals surface area contributed by atoms with Crippen LogP contribution in [0.15, 0.2) is 117 Å². The fourth-order valence-electron chi connectivity index (χ4n) is 6.85. The van der Waals surface area contributed by atoms with Crippen molar-refractivity contribution in [2.75, 3.05) is 14.2 Å². The third-order valence-electron chi connectivity index (χ3n) is 9.18. The summed E-state index contributed by atoms with van der Waals surface area (Å²) < 4.78 is 42.1. The van der Waals surface area contributed by atoms with E-state index in [9.17, 15) is 23.3 Å². The van der Waals surface area contributed by atoms with Gasteiger partial charge in [0, 0.05) is 34.8 Å². The van der Waals surface area contributed by atoms with Crippen LogP contribution < -0.4 is 24.4 Å². The Kier molecular flexibility index (Phi) is 7.53. The Hall–Kier alpha value is -5.79. The van der Waals surface area contributed by atoms with E-state index in [4.69, 9.17) is 14.5 Å². The lowest BCUT2D eigenvalue weighted by atomic mass is 9.83. The van der Waals surface area contributed by atoms with Crippen molar-refractivity contribution in [3.8, 4) is 11.5 Å². The van der Waals surface area contributed by atoms with E-state index >= 15 is 0 Å². The van der Waals surface area contributed by atoms with Gasteiger partial charge >= 0.3 is 0 Å². The maximum Gasteiger partial charge on any atom is 0.271 e. The predicted octanol–water partition coefficient (Wildman–Crippen LogP) is 5.44. The number of para-hydroxylation sites is 1. The van der Waals surface area contributed by atoms with Crippen molar-refractivity contribution in [2.24, 2.45) is 4.99 Å². The smallest absolute Gasteiger partial charge is 0.271 e. The predicted molar refractivity (Wildman–Crippen MR) is 190 cm³/mol. The average molecular weight is 705 g/mol. The lowest BCUT2D eigenvalue weighted by Gasteiger charge is -2.31. The highest BCUT2D eigenvalue weighted by atomic mass is 32.2. The number of hydrogen-bond acceptors (Lipinski definition) is 9. The number of nitro benzene ring substituents is 1. The van der Waals surface area contributed by atoms with Crippen molar-refractivity contribution in [1.29, 1.82) is 0 Å². The molecule has 50 heavy (non-hydrogen) atoms.